The number of nitrogens with zero attached hydrogens (tertiary/aromatic N) is 1. The number of carbonyl (C=O) groups is 1. The van der Waals surface area contributed by atoms with Crippen LogP contribution in [0.25, 0.3) is 0 Å². The Morgan fingerprint density at radius 2 is 1.94 bits per heavy atom. The van der Waals surface area contributed by atoms with E-state index in [1.807, 2.05) is 11.8 Å². The Morgan fingerprint density at radius 3 is 2.38 bits per heavy atom. The van der Waals surface area contributed by atoms with Crippen molar-refractivity contribution in [1.82, 2.24) is 4.90 Å². The lowest BCUT2D eigenvalue weighted by molar-refractivity contribution is -0.131. The Balaban J connectivity index is 3.92. The molecule has 0 spiro atoms. The first-order chi connectivity index (χ1) is 7.69. The topological polar surface area (TPSA) is 46.3 Å². The van der Waals surface area contributed by atoms with Gasteiger partial charge in [-0.25, -0.2) is 0 Å². The number of hydrogen-bond donors (Lipinski definition) is 1. The molecule has 3 heteroatoms. The molecule has 0 aliphatic rings. The molecule has 0 saturated heterocycles. The maximum atomic E-state index is 11.9. The number of amides is 1. The van der Waals surface area contributed by atoms with Crippen molar-refractivity contribution in [3.8, 4) is 0 Å². The second-order valence-corrected chi connectivity index (χ2v) is 4.36. The van der Waals surface area contributed by atoms with Crippen LogP contribution in [0.3, 0.4) is 0 Å². The number of carbonyl (C=O) groups excluding carboxylic acids is 1. The molecule has 0 fully saturated rings. The van der Waals surface area contributed by atoms with Crippen LogP contribution in [0.5, 0.6) is 0 Å². The molecule has 0 aromatic rings. The quantitative estimate of drug-likeness (QED) is 0.658. The van der Waals surface area contributed by atoms with Gasteiger partial charge in [0.25, 0.3) is 0 Å². The summed E-state index contributed by atoms with van der Waals surface area (Å²) in [5.41, 5.74) is 5.55. The van der Waals surface area contributed by atoms with Gasteiger partial charge in [-0.05, 0) is 38.6 Å². The number of rotatable bonds is 9. The maximum Gasteiger partial charge on any atom is 0.222 e. The molecule has 96 valence electrons. The Labute approximate surface area is 100 Å². The standard InChI is InChI=1S/C13H28N2O/c1-4-11-15(6-3)13(16)8-7-12(5-2)9-10-14/h12H,4-11,14H2,1-3H3. The molecule has 0 aliphatic heterocycles. The van der Waals surface area contributed by atoms with E-state index >= 15 is 0 Å². The van der Waals surface area contributed by atoms with E-state index in [2.05, 4.69) is 13.8 Å². The minimum atomic E-state index is 0.305. The lowest BCUT2D eigenvalue weighted by Crippen LogP contribution is -2.31. The molecule has 1 unspecified atom stereocenters. The number of nitrogens with two attached hydrogens (primary N) is 1. The summed E-state index contributed by atoms with van der Waals surface area (Å²) in [5.74, 6) is 0.925. The average Bonchev–Trinajstić information content (AvgIpc) is 2.30. The second-order valence-electron chi connectivity index (χ2n) is 4.36. The molecule has 0 bridgehead atoms. The molecule has 0 aliphatic carbocycles. The fraction of sp³-hybridized carbons (Fsp3) is 0.923. The van der Waals surface area contributed by atoms with Gasteiger partial charge in [0.1, 0.15) is 0 Å². The van der Waals surface area contributed by atoms with E-state index < -0.39 is 0 Å². The van der Waals surface area contributed by atoms with Gasteiger partial charge < -0.3 is 10.6 Å². The van der Waals surface area contributed by atoms with Crippen LogP contribution in [-0.4, -0.2) is 30.4 Å². The van der Waals surface area contributed by atoms with Gasteiger partial charge in [-0.3, -0.25) is 4.79 Å². The smallest absolute Gasteiger partial charge is 0.222 e. The molecule has 0 rings (SSSR count). The summed E-state index contributed by atoms with van der Waals surface area (Å²) < 4.78 is 0. The Hall–Kier alpha value is -0.570. The molecule has 1 atom stereocenters. The Morgan fingerprint density at radius 1 is 1.25 bits per heavy atom. The summed E-state index contributed by atoms with van der Waals surface area (Å²) in [6.07, 6.45) is 4.90. The van der Waals surface area contributed by atoms with Crippen molar-refractivity contribution >= 4 is 5.91 Å². The van der Waals surface area contributed by atoms with Crippen molar-refractivity contribution in [1.29, 1.82) is 0 Å². The maximum absolute atomic E-state index is 11.9. The van der Waals surface area contributed by atoms with E-state index in [1.165, 1.54) is 0 Å². The summed E-state index contributed by atoms with van der Waals surface area (Å²) >= 11 is 0. The minimum Gasteiger partial charge on any atom is -0.343 e. The van der Waals surface area contributed by atoms with E-state index in [4.69, 9.17) is 5.73 Å². The van der Waals surface area contributed by atoms with E-state index in [-0.39, 0.29) is 0 Å². The highest BCUT2D eigenvalue weighted by molar-refractivity contribution is 5.76. The van der Waals surface area contributed by atoms with Crippen LogP contribution in [0.2, 0.25) is 0 Å². The summed E-state index contributed by atoms with van der Waals surface area (Å²) in [4.78, 5) is 13.8. The second kappa shape index (κ2) is 9.64. The predicted octanol–water partition coefficient (Wildman–Crippen LogP) is 2.40. The Bertz CT molecular complexity index is 183. The highest BCUT2D eigenvalue weighted by Gasteiger charge is 2.13. The first-order valence-electron chi connectivity index (χ1n) is 6.67. The van der Waals surface area contributed by atoms with E-state index in [1.54, 1.807) is 0 Å². The van der Waals surface area contributed by atoms with Crippen molar-refractivity contribution in [3.05, 3.63) is 0 Å². The molecule has 0 saturated carbocycles. The largest absolute Gasteiger partial charge is 0.343 e. The van der Waals surface area contributed by atoms with Crippen LogP contribution >= 0.6 is 0 Å². The zero-order valence-corrected chi connectivity index (χ0v) is 11.2. The molecule has 0 aromatic carbocycles. The summed E-state index contributed by atoms with van der Waals surface area (Å²) in [6, 6.07) is 0. The van der Waals surface area contributed by atoms with E-state index in [0.29, 0.717) is 18.2 Å². The molecule has 0 aromatic heterocycles. The van der Waals surface area contributed by atoms with Crippen molar-refractivity contribution in [2.45, 2.75) is 52.9 Å². The van der Waals surface area contributed by atoms with Crippen LogP contribution < -0.4 is 5.73 Å². The third kappa shape index (κ3) is 6.11. The van der Waals surface area contributed by atoms with Gasteiger partial charge in [0.15, 0.2) is 0 Å². The molecular weight excluding hydrogens is 200 g/mol. The third-order valence-corrected chi connectivity index (χ3v) is 3.15. The zero-order chi connectivity index (χ0) is 12.4. The third-order valence-electron chi connectivity index (χ3n) is 3.15. The fourth-order valence-electron chi connectivity index (χ4n) is 2.00. The normalized spacial score (nSPS) is 12.5. The van der Waals surface area contributed by atoms with Crippen molar-refractivity contribution in [3.63, 3.8) is 0 Å². The van der Waals surface area contributed by atoms with Gasteiger partial charge in [0, 0.05) is 19.5 Å². The van der Waals surface area contributed by atoms with Gasteiger partial charge >= 0.3 is 0 Å². The monoisotopic (exact) mass is 228 g/mol. The molecular formula is C13H28N2O. The van der Waals surface area contributed by atoms with Crippen LogP contribution in [-0.2, 0) is 4.79 Å². The lowest BCUT2D eigenvalue weighted by atomic mass is 9.96. The fourth-order valence-corrected chi connectivity index (χ4v) is 2.00. The Kier molecular flexibility index (Phi) is 9.30. The van der Waals surface area contributed by atoms with Crippen LogP contribution in [0.4, 0.5) is 0 Å². The summed E-state index contributed by atoms with van der Waals surface area (Å²) in [6.45, 7) is 8.79. The SMILES string of the molecule is CCCN(CC)C(=O)CCC(CC)CCN. The molecule has 2 N–H and O–H groups in total. The van der Waals surface area contributed by atoms with Gasteiger partial charge in [0.2, 0.25) is 5.91 Å². The van der Waals surface area contributed by atoms with Gasteiger partial charge in [-0.2, -0.15) is 0 Å². The summed E-state index contributed by atoms with van der Waals surface area (Å²) in [7, 11) is 0. The average molecular weight is 228 g/mol. The molecule has 3 nitrogen and oxygen atoms in total. The summed E-state index contributed by atoms with van der Waals surface area (Å²) in [5, 5.41) is 0. The van der Waals surface area contributed by atoms with Crippen LogP contribution in [0, 0.1) is 5.92 Å². The molecule has 0 heterocycles. The van der Waals surface area contributed by atoms with Crippen LogP contribution in [0.15, 0.2) is 0 Å². The van der Waals surface area contributed by atoms with E-state index in [0.717, 1.165) is 45.3 Å². The zero-order valence-electron chi connectivity index (χ0n) is 11.2. The van der Waals surface area contributed by atoms with Gasteiger partial charge in [0.05, 0.1) is 0 Å². The molecule has 16 heavy (non-hydrogen) atoms. The van der Waals surface area contributed by atoms with Crippen LogP contribution in [0.1, 0.15) is 52.9 Å². The first kappa shape index (κ1) is 15.4. The molecule has 1 amide bonds. The molecule has 0 radical (unpaired) electrons. The highest BCUT2D eigenvalue weighted by atomic mass is 16.2. The van der Waals surface area contributed by atoms with Gasteiger partial charge in [-0.15, -0.1) is 0 Å². The predicted molar refractivity (Wildman–Crippen MR) is 69.2 cm³/mol. The van der Waals surface area contributed by atoms with E-state index in [9.17, 15) is 4.79 Å². The van der Waals surface area contributed by atoms with Gasteiger partial charge in [-0.1, -0.05) is 20.3 Å². The van der Waals surface area contributed by atoms with Crippen molar-refractivity contribution < 1.29 is 4.79 Å². The van der Waals surface area contributed by atoms with Crippen molar-refractivity contribution in [2.24, 2.45) is 11.7 Å². The first-order valence-corrected chi connectivity index (χ1v) is 6.67. The van der Waals surface area contributed by atoms with Crippen molar-refractivity contribution in [2.75, 3.05) is 19.6 Å². The number of hydrogen-bond acceptors (Lipinski definition) is 2. The lowest BCUT2D eigenvalue weighted by Gasteiger charge is -2.21. The highest BCUT2D eigenvalue weighted by Crippen LogP contribution is 2.15. The minimum absolute atomic E-state index is 0.305.